The Labute approximate surface area is 187 Å². The third-order valence-corrected chi connectivity index (χ3v) is 6.14. The highest BCUT2D eigenvalue weighted by Gasteiger charge is 2.27. The van der Waals surface area contributed by atoms with E-state index in [-0.39, 0.29) is 36.4 Å². The molecule has 8 heteroatoms. The van der Waals surface area contributed by atoms with Crippen LogP contribution < -0.4 is 10.6 Å². The van der Waals surface area contributed by atoms with Gasteiger partial charge in [-0.1, -0.05) is 12.8 Å². The minimum Gasteiger partial charge on any atom is -0.381 e. The van der Waals surface area contributed by atoms with Crippen molar-refractivity contribution in [1.29, 1.82) is 0 Å². The second-order valence-corrected chi connectivity index (χ2v) is 8.38. The molecule has 2 saturated heterocycles. The van der Waals surface area contributed by atoms with Crippen molar-refractivity contribution in [2.75, 3.05) is 46.9 Å². The molecule has 3 aliphatic rings. The van der Waals surface area contributed by atoms with Crippen LogP contribution in [-0.2, 0) is 9.53 Å². The van der Waals surface area contributed by atoms with E-state index in [1.54, 1.807) is 19.0 Å². The third kappa shape index (κ3) is 7.33. The largest absolute Gasteiger partial charge is 0.381 e. The standard InChI is InChI=1S/C20H37N5O2.HI/c1-24(2)19(26)15-21-20(23-17-9-13-27-14-10-17)22-16-7-11-25(12-8-16)18-5-3-4-6-18;/h16-18H,3-15H2,1-2H3,(H2,21,22,23);1H. The topological polar surface area (TPSA) is 69.2 Å². The molecule has 1 saturated carbocycles. The van der Waals surface area contributed by atoms with Gasteiger partial charge in [0.25, 0.3) is 0 Å². The van der Waals surface area contributed by atoms with Gasteiger partial charge < -0.3 is 25.2 Å². The van der Waals surface area contributed by atoms with E-state index in [0.29, 0.717) is 12.1 Å². The zero-order valence-electron chi connectivity index (χ0n) is 17.5. The van der Waals surface area contributed by atoms with Crippen molar-refractivity contribution in [3.05, 3.63) is 0 Å². The Morgan fingerprint density at radius 1 is 1.00 bits per heavy atom. The van der Waals surface area contributed by atoms with Crippen LogP contribution in [0.15, 0.2) is 4.99 Å². The lowest BCUT2D eigenvalue weighted by atomic mass is 10.0. The van der Waals surface area contributed by atoms with Gasteiger partial charge in [-0.25, -0.2) is 4.99 Å². The summed E-state index contributed by atoms with van der Waals surface area (Å²) < 4.78 is 5.45. The van der Waals surface area contributed by atoms with Gasteiger partial charge in [-0.2, -0.15) is 0 Å². The molecule has 28 heavy (non-hydrogen) atoms. The van der Waals surface area contributed by atoms with Gasteiger partial charge in [-0.05, 0) is 38.5 Å². The lowest BCUT2D eigenvalue weighted by molar-refractivity contribution is -0.127. The SMILES string of the molecule is CN(C)C(=O)CN=C(NC1CCOCC1)NC1CCN(C2CCCC2)CC1.I. The first-order valence-electron chi connectivity index (χ1n) is 10.7. The van der Waals surface area contributed by atoms with Crippen LogP contribution in [-0.4, -0.2) is 86.7 Å². The van der Waals surface area contributed by atoms with Crippen LogP contribution >= 0.6 is 24.0 Å². The Kier molecular flexibility index (Phi) is 10.3. The number of nitrogens with one attached hydrogen (secondary N) is 2. The predicted molar refractivity (Wildman–Crippen MR) is 123 cm³/mol. The Hall–Kier alpha value is -0.610. The summed E-state index contributed by atoms with van der Waals surface area (Å²) in [6.45, 7) is 4.11. The number of likely N-dealkylation sites (tertiary alicyclic amines) is 1. The Morgan fingerprint density at radius 2 is 1.57 bits per heavy atom. The average molecular weight is 507 g/mol. The molecule has 0 aromatic rings. The molecule has 1 amide bonds. The first-order valence-corrected chi connectivity index (χ1v) is 10.7. The van der Waals surface area contributed by atoms with E-state index in [4.69, 9.17) is 4.74 Å². The summed E-state index contributed by atoms with van der Waals surface area (Å²) in [4.78, 5) is 20.8. The molecule has 0 bridgehead atoms. The molecule has 0 spiro atoms. The van der Waals surface area contributed by atoms with Crippen molar-refractivity contribution in [3.63, 3.8) is 0 Å². The van der Waals surface area contributed by atoms with Crippen molar-refractivity contribution in [3.8, 4) is 0 Å². The molecule has 2 aliphatic heterocycles. The summed E-state index contributed by atoms with van der Waals surface area (Å²) in [6.07, 6.45) is 9.82. The first kappa shape index (κ1) is 23.7. The van der Waals surface area contributed by atoms with Gasteiger partial charge in [0.05, 0.1) is 0 Å². The fourth-order valence-electron chi connectivity index (χ4n) is 4.33. The number of rotatable bonds is 5. The second-order valence-electron chi connectivity index (χ2n) is 8.38. The monoisotopic (exact) mass is 507 g/mol. The smallest absolute Gasteiger partial charge is 0.243 e. The molecule has 0 aromatic heterocycles. The van der Waals surface area contributed by atoms with Crippen LogP contribution in [0.1, 0.15) is 51.4 Å². The molecule has 2 N–H and O–H groups in total. The van der Waals surface area contributed by atoms with E-state index >= 15 is 0 Å². The van der Waals surface area contributed by atoms with E-state index in [1.165, 1.54) is 38.8 Å². The molecule has 1 aliphatic carbocycles. The van der Waals surface area contributed by atoms with Gasteiger partial charge in [0.1, 0.15) is 6.54 Å². The van der Waals surface area contributed by atoms with Crippen LogP contribution in [0.4, 0.5) is 0 Å². The number of carbonyl (C=O) groups is 1. The zero-order chi connectivity index (χ0) is 19.1. The summed E-state index contributed by atoms with van der Waals surface area (Å²) in [6, 6.07) is 1.62. The van der Waals surface area contributed by atoms with Crippen molar-refractivity contribution >= 4 is 35.8 Å². The summed E-state index contributed by atoms with van der Waals surface area (Å²) in [7, 11) is 3.55. The summed E-state index contributed by atoms with van der Waals surface area (Å²) in [5.41, 5.74) is 0. The fraction of sp³-hybridized carbons (Fsp3) is 0.900. The number of halogens is 1. The number of guanidine groups is 1. The number of ether oxygens (including phenoxy) is 1. The maximum Gasteiger partial charge on any atom is 0.243 e. The molecular weight excluding hydrogens is 469 g/mol. The number of nitrogens with zero attached hydrogens (tertiary/aromatic N) is 3. The maximum absolute atomic E-state index is 12.0. The zero-order valence-corrected chi connectivity index (χ0v) is 19.8. The first-order chi connectivity index (χ1) is 13.1. The van der Waals surface area contributed by atoms with Crippen molar-refractivity contribution < 1.29 is 9.53 Å². The quantitative estimate of drug-likeness (QED) is 0.338. The Bertz CT molecular complexity index is 497. The van der Waals surface area contributed by atoms with E-state index in [2.05, 4.69) is 20.5 Å². The van der Waals surface area contributed by atoms with Crippen LogP contribution in [0.5, 0.6) is 0 Å². The Balaban J connectivity index is 0.00000280. The van der Waals surface area contributed by atoms with Crippen LogP contribution in [0.3, 0.4) is 0 Å². The van der Waals surface area contributed by atoms with Crippen molar-refractivity contribution in [2.24, 2.45) is 4.99 Å². The van der Waals surface area contributed by atoms with Crippen LogP contribution in [0, 0.1) is 0 Å². The number of piperidine rings is 1. The number of carbonyl (C=O) groups excluding carboxylic acids is 1. The van der Waals surface area contributed by atoms with Crippen molar-refractivity contribution in [1.82, 2.24) is 20.4 Å². The third-order valence-electron chi connectivity index (χ3n) is 6.14. The number of hydrogen-bond acceptors (Lipinski definition) is 4. The molecule has 7 nitrogen and oxygen atoms in total. The fourth-order valence-corrected chi connectivity index (χ4v) is 4.33. The van der Waals surface area contributed by atoms with Crippen LogP contribution in [0.25, 0.3) is 0 Å². The molecule has 162 valence electrons. The molecule has 3 rings (SSSR count). The van der Waals surface area contributed by atoms with Gasteiger partial charge >= 0.3 is 0 Å². The maximum atomic E-state index is 12.0. The Morgan fingerprint density at radius 3 is 2.14 bits per heavy atom. The molecule has 0 unspecified atom stereocenters. The number of aliphatic imine (C=N–C) groups is 1. The molecular formula is C20H38IN5O2. The second kappa shape index (κ2) is 12.2. The lowest BCUT2D eigenvalue weighted by Crippen LogP contribution is -2.53. The molecule has 0 aromatic carbocycles. The van der Waals surface area contributed by atoms with E-state index in [0.717, 1.165) is 50.9 Å². The summed E-state index contributed by atoms with van der Waals surface area (Å²) in [5, 5.41) is 7.15. The lowest BCUT2D eigenvalue weighted by Gasteiger charge is -2.37. The van der Waals surface area contributed by atoms with Gasteiger partial charge in [0.15, 0.2) is 5.96 Å². The number of hydrogen-bond donors (Lipinski definition) is 2. The highest BCUT2D eigenvalue weighted by atomic mass is 127. The van der Waals surface area contributed by atoms with Crippen molar-refractivity contribution in [2.45, 2.75) is 69.5 Å². The summed E-state index contributed by atoms with van der Waals surface area (Å²) >= 11 is 0. The molecule has 0 radical (unpaired) electrons. The average Bonchev–Trinajstić information content (AvgIpc) is 3.22. The minimum absolute atomic E-state index is 0. The van der Waals surface area contributed by atoms with Gasteiger partial charge in [0.2, 0.25) is 5.91 Å². The molecule has 3 fully saturated rings. The number of likely N-dealkylation sites (N-methyl/N-ethyl adjacent to an activating group) is 1. The molecule has 2 heterocycles. The number of amides is 1. The van der Waals surface area contributed by atoms with E-state index in [9.17, 15) is 4.79 Å². The highest BCUT2D eigenvalue weighted by Crippen LogP contribution is 2.26. The van der Waals surface area contributed by atoms with Gasteiger partial charge in [-0.3, -0.25) is 4.79 Å². The van der Waals surface area contributed by atoms with Crippen LogP contribution in [0.2, 0.25) is 0 Å². The summed E-state index contributed by atoms with van der Waals surface area (Å²) in [5.74, 6) is 0.815. The highest BCUT2D eigenvalue weighted by molar-refractivity contribution is 14.0. The normalized spacial score (nSPS) is 23.3. The molecule has 0 atom stereocenters. The van der Waals surface area contributed by atoms with E-state index < -0.39 is 0 Å². The van der Waals surface area contributed by atoms with E-state index in [1.807, 2.05) is 0 Å². The van der Waals surface area contributed by atoms with Gasteiger partial charge in [-0.15, -0.1) is 24.0 Å². The predicted octanol–water partition coefficient (Wildman–Crippen LogP) is 1.81. The van der Waals surface area contributed by atoms with Gasteiger partial charge in [0, 0.05) is 58.5 Å². The minimum atomic E-state index is 0.